The lowest BCUT2D eigenvalue weighted by atomic mass is 10.1. The first kappa shape index (κ1) is 13.0. The first-order valence-electron chi connectivity index (χ1n) is 5.27. The number of ether oxygens (including phenoxy) is 1. The van der Waals surface area contributed by atoms with E-state index in [1.165, 1.54) is 19.3 Å². The maximum atomic E-state index is 10.9. The van der Waals surface area contributed by atoms with Gasteiger partial charge in [0.15, 0.2) is 0 Å². The van der Waals surface area contributed by atoms with Crippen LogP contribution in [0, 0.1) is 11.3 Å². The third-order valence-corrected chi connectivity index (χ3v) is 2.02. The molecule has 14 heavy (non-hydrogen) atoms. The summed E-state index contributed by atoms with van der Waals surface area (Å²) in [6.07, 6.45) is 5.44. The molecular weight excluding hydrogens is 178 g/mol. The molecule has 3 heteroatoms. The van der Waals surface area contributed by atoms with E-state index in [-0.39, 0.29) is 12.5 Å². The minimum Gasteiger partial charge on any atom is -0.462 e. The lowest BCUT2D eigenvalue weighted by Crippen LogP contribution is -2.14. The molecule has 0 amide bonds. The normalized spacial score (nSPS) is 11.8. The topological polar surface area (TPSA) is 50.1 Å². The molecule has 80 valence electrons. The van der Waals surface area contributed by atoms with Gasteiger partial charge in [0.25, 0.3) is 0 Å². The Bertz CT molecular complexity index is 196. The molecule has 0 aromatic heterocycles. The second kappa shape index (κ2) is 8.55. The largest absolute Gasteiger partial charge is 0.462 e. The summed E-state index contributed by atoms with van der Waals surface area (Å²) in [5.41, 5.74) is 0. The van der Waals surface area contributed by atoms with Crippen LogP contribution in [-0.2, 0) is 9.53 Å². The van der Waals surface area contributed by atoms with E-state index in [2.05, 4.69) is 6.92 Å². The monoisotopic (exact) mass is 197 g/mol. The van der Waals surface area contributed by atoms with Gasteiger partial charge in [-0.15, -0.1) is 0 Å². The van der Waals surface area contributed by atoms with Gasteiger partial charge in [0, 0.05) is 0 Å². The lowest BCUT2D eigenvalue weighted by molar-refractivity contribution is -0.147. The van der Waals surface area contributed by atoms with E-state index < -0.39 is 5.97 Å². The maximum absolute atomic E-state index is 10.9. The maximum Gasteiger partial charge on any atom is 0.320 e. The van der Waals surface area contributed by atoms with E-state index in [1.54, 1.807) is 6.07 Å². The Kier molecular flexibility index (Phi) is 7.92. The second-order valence-corrected chi connectivity index (χ2v) is 3.48. The number of carbonyl (C=O) groups excluding carboxylic acids is 1. The van der Waals surface area contributed by atoms with Crippen LogP contribution >= 0.6 is 0 Å². The molecule has 0 rings (SSSR count). The molecule has 0 spiro atoms. The van der Waals surface area contributed by atoms with Crippen LogP contribution in [0.3, 0.4) is 0 Å². The average molecular weight is 197 g/mol. The quantitative estimate of drug-likeness (QED) is 0.466. The molecule has 0 aliphatic rings. The van der Waals surface area contributed by atoms with Crippen molar-refractivity contribution in [2.75, 3.05) is 0 Å². The zero-order valence-corrected chi connectivity index (χ0v) is 9.08. The predicted molar refractivity (Wildman–Crippen MR) is 54.5 cm³/mol. The van der Waals surface area contributed by atoms with Gasteiger partial charge >= 0.3 is 5.97 Å². The van der Waals surface area contributed by atoms with Gasteiger partial charge in [0.05, 0.1) is 12.2 Å². The standard InChI is InChI=1S/C11H19NO2/c1-3-4-5-6-7-10(2)14-11(13)8-9-12/h10H,3-8H2,1-2H3/t10-/m1/s1. The zero-order valence-electron chi connectivity index (χ0n) is 9.08. The molecule has 0 aliphatic carbocycles. The van der Waals surface area contributed by atoms with Crippen LogP contribution < -0.4 is 0 Å². The zero-order chi connectivity index (χ0) is 10.8. The van der Waals surface area contributed by atoms with E-state index in [0.29, 0.717) is 0 Å². The summed E-state index contributed by atoms with van der Waals surface area (Å²) < 4.78 is 5.01. The average Bonchev–Trinajstić information content (AvgIpc) is 2.13. The summed E-state index contributed by atoms with van der Waals surface area (Å²) in [4.78, 5) is 10.9. The summed E-state index contributed by atoms with van der Waals surface area (Å²) >= 11 is 0. The smallest absolute Gasteiger partial charge is 0.320 e. The van der Waals surface area contributed by atoms with Gasteiger partial charge in [0.2, 0.25) is 0 Å². The molecule has 0 saturated heterocycles. The van der Waals surface area contributed by atoms with Crippen LogP contribution in [0.1, 0.15) is 52.4 Å². The van der Waals surface area contributed by atoms with Crippen molar-refractivity contribution in [2.24, 2.45) is 0 Å². The Morgan fingerprint density at radius 2 is 2.14 bits per heavy atom. The molecule has 0 N–H and O–H groups in total. The fourth-order valence-corrected chi connectivity index (χ4v) is 1.25. The molecule has 0 bridgehead atoms. The van der Waals surface area contributed by atoms with Crippen LogP contribution in [0.2, 0.25) is 0 Å². The Balaban J connectivity index is 3.41. The van der Waals surface area contributed by atoms with Gasteiger partial charge in [-0.2, -0.15) is 5.26 Å². The van der Waals surface area contributed by atoms with Crippen molar-refractivity contribution >= 4 is 5.97 Å². The molecule has 0 saturated carbocycles. The van der Waals surface area contributed by atoms with Gasteiger partial charge in [0.1, 0.15) is 6.42 Å². The Labute approximate surface area is 86.1 Å². The third kappa shape index (κ3) is 7.60. The lowest BCUT2D eigenvalue weighted by Gasteiger charge is -2.11. The van der Waals surface area contributed by atoms with E-state index in [9.17, 15) is 4.79 Å². The first-order valence-corrected chi connectivity index (χ1v) is 5.27. The fourth-order valence-electron chi connectivity index (χ4n) is 1.25. The van der Waals surface area contributed by atoms with Crippen LogP contribution in [0.4, 0.5) is 0 Å². The fraction of sp³-hybridized carbons (Fsp3) is 0.818. The Morgan fingerprint density at radius 3 is 2.71 bits per heavy atom. The summed E-state index contributed by atoms with van der Waals surface area (Å²) in [6.45, 7) is 4.04. The summed E-state index contributed by atoms with van der Waals surface area (Å²) in [6, 6.07) is 1.77. The number of carbonyl (C=O) groups is 1. The molecule has 0 fully saturated rings. The van der Waals surface area contributed by atoms with Gasteiger partial charge in [-0.1, -0.05) is 26.2 Å². The van der Waals surface area contributed by atoms with E-state index in [4.69, 9.17) is 10.00 Å². The van der Waals surface area contributed by atoms with Gasteiger partial charge in [-0.25, -0.2) is 0 Å². The predicted octanol–water partition coefficient (Wildman–Crippen LogP) is 2.80. The van der Waals surface area contributed by atoms with Crippen LogP contribution in [-0.4, -0.2) is 12.1 Å². The van der Waals surface area contributed by atoms with Crippen molar-refractivity contribution < 1.29 is 9.53 Å². The number of nitrogens with zero attached hydrogens (tertiary/aromatic N) is 1. The highest BCUT2D eigenvalue weighted by atomic mass is 16.5. The molecular formula is C11H19NO2. The van der Waals surface area contributed by atoms with E-state index in [0.717, 1.165) is 12.8 Å². The summed E-state index contributed by atoms with van der Waals surface area (Å²) in [5, 5.41) is 8.24. The Hall–Kier alpha value is -1.04. The molecule has 0 aromatic rings. The number of rotatable bonds is 7. The van der Waals surface area contributed by atoms with Crippen molar-refractivity contribution in [3.05, 3.63) is 0 Å². The van der Waals surface area contributed by atoms with Gasteiger partial charge in [-0.05, 0) is 19.8 Å². The highest BCUT2D eigenvalue weighted by Crippen LogP contribution is 2.08. The van der Waals surface area contributed by atoms with Crippen molar-refractivity contribution in [1.82, 2.24) is 0 Å². The highest BCUT2D eigenvalue weighted by molar-refractivity contribution is 5.71. The number of unbranched alkanes of at least 4 members (excludes halogenated alkanes) is 3. The van der Waals surface area contributed by atoms with Crippen LogP contribution in [0.5, 0.6) is 0 Å². The van der Waals surface area contributed by atoms with Crippen LogP contribution in [0.15, 0.2) is 0 Å². The molecule has 0 aromatic carbocycles. The van der Waals surface area contributed by atoms with Crippen molar-refractivity contribution in [3.63, 3.8) is 0 Å². The van der Waals surface area contributed by atoms with Crippen molar-refractivity contribution in [3.8, 4) is 6.07 Å². The number of hydrogen-bond acceptors (Lipinski definition) is 3. The summed E-state index contributed by atoms with van der Waals surface area (Å²) in [5.74, 6) is -0.407. The van der Waals surface area contributed by atoms with E-state index in [1.807, 2.05) is 6.92 Å². The molecule has 0 radical (unpaired) electrons. The van der Waals surface area contributed by atoms with Crippen LogP contribution in [0.25, 0.3) is 0 Å². The molecule has 0 unspecified atom stereocenters. The molecule has 0 aliphatic heterocycles. The second-order valence-electron chi connectivity index (χ2n) is 3.48. The van der Waals surface area contributed by atoms with E-state index >= 15 is 0 Å². The minimum atomic E-state index is -0.407. The van der Waals surface area contributed by atoms with Crippen molar-refractivity contribution in [1.29, 1.82) is 5.26 Å². The molecule has 0 heterocycles. The SMILES string of the molecule is CCCCCC[C@@H](C)OC(=O)CC#N. The number of esters is 1. The molecule has 1 atom stereocenters. The van der Waals surface area contributed by atoms with Gasteiger partial charge in [-0.3, -0.25) is 4.79 Å². The third-order valence-electron chi connectivity index (χ3n) is 2.02. The van der Waals surface area contributed by atoms with Crippen molar-refractivity contribution in [2.45, 2.75) is 58.5 Å². The molecule has 3 nitrogen and oxygen atoms in total. The summed E-state index contributed by atoms with van der Waals surface area (Å²) in [7, 11) is 0. The highest BCUT2D eigenvalue weighted by Gasteiger charge is 2.07. The number of hydrogen-bond donors (Lipinski definition) is 0. The first-order chi connectivity index (χ1) is 6.70. The minimum absolute atomic E-state index is 0.0484. The number of nitriles is 1. The Morgan fingerprint density at radius 1 is 1.43 bits per heavy atom. The van der Waals surface area contributed by atoms with Gasteiger partial charge < -0.3 is 4.74 Å².